The Hall–Kier alpha value is -2.60. The zero-order chi connectivity index (χ0) is 16.4. The topological polar surface area (TPSA) is 48.7 Å². The summed E-state index contributed by atoms with van der Waals surface area (Å²) in [5.41, 5.74) is 1.86. The molecule has 1 fully saturated rings. The Bertz CT molecular complexity index is 805. The molecule has 1 aromatic carbocycles. The van der Waals surface area contributed by atoms with Gasteiger partial charge in [0.15, 0.2) is 5.65 Å². The minimum absolute atomic E-state index is 0.626. The van der Waals surface area contributed by atoms with E-state index in [-0.39, 0.29) is 0 Å². The normalized spacial score (nSPS) is 15.8. The van der Waals surface area contributed by atoms with E-state index in [4.69, 9.17) is 0 Å². The van der Waals surface area contributed by atoms with Crippen molar-refractivity contribution in [2.45, 2.75) is 6.92 Å². The van der Waals surface area contributed by atoms with Crippen LogP contribution in [0.2, 0.25) is 0 Å². The van der Waals surface area contributed by atoms with E-state index >= 15 is 0 Å². The first-order chi connectivity index (χ1) is 11.8. The molecular weight excluding hydrogens is 300 g/mol. The molecule has 1 aliphatic rings. The van der Waals surface area contributed by atoms with E-state index in [9.17, 15) is 0 Å². The number of aromatic nitrogens is 3. The van der Waals surface area contributed by atoms with Crippen LogP contribution >= 0.6 is 0 Å². The fourth-order valence-electron chi connectivity index (χ4n) is 3.13. The highest BCUT2D eigenvalue weighted by Crippen LogP contribution is 2.20. The highest BCUT2D eigenvalue weighted by atomic mass is 15.4. The highest BCUT2D eigenvalue weighted by molar-refractivity contribution is 5.58. The summed E-state index contributed by atoms with van der Waals surface area (Å²) in [6.07, 6.45) is 0. The van der Waals surface area contributed by atoms with Crippen molar-refractivity contribution < 1.29 is 0 Å². The minimum Gasteiger partial charge on any atom is -0.354 e. The third kappa shape index (κ3) is 2.92. The number of pyridine rings is 1. The minimum atomic E-state index is 0.626. The van der Waals surface area contributed by atoms with E-state index in [0.717, 1.165) is 49.9 Å². The van der Waals surface area contributed by atoms with Gasteiger partial charge in [0, 0.05) is 31.9 Å². The zero-order valence-electron chi connectivity index (χ0n) is 13.9. The lowest BCUT2D eigenvalue weighted by atomic mass is 10.3. The summed E-state index contributed by atoms with van der Waals surface area (Å²) in [6, 6.07) is 16.2. The van der Waals surface area contributed by atoms with Crippen molar-refractivity contribution in [2.24, 2.45) is 0 Å². The third-order valence-corrected chi connectivity index (χ3v) is 4.51. The fourth-order valence-corrected chi connectivity index (χ4v) is 3.13. The molecule has 6 nitrogen and oxygen atoms in total. The van der Waals surface area contributed by atoms with Gasteiger partial charge in [-0.05, 0) is 30.8 Å². The van der Waals surface area contributed by atoms with E-state index in [1.54, 1.807) is 0 Å². The second-order valence-electron chi connectivity index (χ2n) is 6.00. The van der Waals surface area contributed by atoms with Crippen molar-refractivity contribution in [3.05, 3.63) is 48.5 Å². The third-order valence-electron chi connectivity index (χ3n) is 4.51. The summed E-state index contributed by atoms with van der Waals surface area (Å²) in [5, 5.41) is 7.93. The molecular formula is C18H22N6. The number of hydrogen-bond acceptors (Lipinski definition) is 5. The van der Waals surface area contributed by atoms with Gasteiger partial charge in [-0.2, -0.15) is 9.50 Å². The van der Waals surface area contributed by atoms with Gasteiger partial charge in [-0.15, -0.1) is 5.10 Å². The molecule has 1 N–H and O–H groups in total. The Kier molecular flexibility index (Phi) is 4.04. The molecule has 1 aliphatic heterocycles. The summed E-state index contributed by atoms with van der Waals surface area (Å²) in [6.45, 7) is 7.57. The van der Waals surface area contributed by atoms with Crippen molar-refractivity contribution in [1.29, 1.82) is 0 Å². The Morgan fingerprint density at radius 1 is 0.958 bits per heavy atom. The number of benzene rings is 1. The van der Waals surface area contributed by atoms with Crippen LogP contribution in [0.15, 0.2) is 48.5 Å². The molecule has 24 heavy (non-hydrogen) atoms. The number of para-hydroxylation sites is 1. The maximum atomic E-state index is 4.66. The average Bonchev–Trinajstić information content (AvgIpc) is 3.05. The smallest absolute Gasteiger partial charge is 0.247 e. The van der Waals surface area contributed by atoms with E-state index in [1.807, 2.05) is 40.9 Å². The van der Waals surface area contributed by atoms with Crippen LogP contribution in [-0.4, -0.2) is 52.2 Å². The monoisotopic (exact) mass is 322 g/mol. The summed E-state index contributed by atoms with van der Waals surface area (Å²) in [7, 11) is 0. The lowest BCUT2D eigenvalue weighted by molar-refractivity contribution is 0.270. The number of likely N-dealkylation sites (N-methyl/N-ethyl adjacent to an activating group) is 1. The molecule has 0 spiro atoms. The van der Waals surface area contributed by atoms with Gasteiger partial charge in [-0.3, -0.25) is 0 Å². The Morgan fingerprint density at radius 2 is 1.75 bits per heavy atom. The van der Waals surface area contributed by atoms with Gasteiger partial charge in [0.1, 0.15) is 5.82 Å². The predicted octanol–water partition coefficient (Wildman–Crippen LogP) is 2.61. The second kappa shape index (κ2) is 6.49. The van der Waals surface area contributed by atoms with Gasteiger partial charge in [0.05, 0.1) is 0 Å². The summed E-state index contributed by atoms with van der Waals surface area (Å²) in [5.74, 6) is 1.73. The molecule has 0 radical (unpaired) electrons. The lowest BCUT2D eigenvalue weighted by Gasteiger charge is -2.35. The maximum Gasteiger partial charge on any atom is 0.247 e. The SMILES string of the molecule is CCN1CCN(c2cccc3nc(Nc4ccccc4)nn23)CC1. The molecule has 0 unspecified atom stereocenters. The first-order valence-corrected chi connectivity index (χ1v) is 8.48. The molecule has 0 aliphatic carbocycles. The number of nitrogens with zero attached hydrogens (tertiary/aromatic N) is 5. The number of rotatable bonds is 4. The largest absolute Gasteiger partial charge is 0.354 e. The number of fused-ring (bicyclic) bond motifs is 1. The van der Waals surface area contributed by atoms with Crippen LogP contribution < -0.4 is 10.2 Å². The van der Waals surface area contributed by atoms with Gasteiger partial charge in [0.2, 0.25) is 5.95 Å². The van der Waals surface area contributed by atoms with Crippen molar-refractivity contribution in [1.82, 2.24) is 19.5 Å². The molecule has 3 aromatic rings. The average molecular weight is 322 g/mol. The van der Waals surface area contributed by atoms with Gasteiger partial charge < -0.3 is 15.1 Å². The van der Waals surface area contributed by atoms with E-state index in [2.05, 4.69) is 44.3 Å². The summed E-state index contributed by atoms with van der Waals surface area (Å²) in [4.78, 5) is 9.46. The van der Waals surface area contributed by atoms with Gasteiger partial charge >= 0.3 is 0 Å². The zero-order valence-corrected chi connectivity index (χ0v) is 13.9. The Labute approximate surface area is 141 Å². The lowest BCUT2D eigenvalue weighted by Crippen LogP contribution is -2.46. The standard InChI is InChI=1S/C18H22N6/c1-2-22-11-13-23(14-12-22)17-10-6-9-16-20-18(21-24(16)17)19-15-7-4-3-5-8-15/h3-10H,2,11-14H2,1H3,(H,19,21). The van der Waals surface area contributed by atoms with Gasteiger partial charge in [-0.25, -0.2) is 0 Å². The number of piperazine rings is 1. The summed E-state index contributed by atoms with van der Waals surface area (Å²) < 4.78 is 1.94. The molecule has 6 heteroatoms. The predicted molar refractivity (Wildman–Crippen MR) is 97.0 cm³/mol. The number of hydrogen-bond donors (Lipinski definition) is 1. The molecule has 0 amide bonds. The van der Waals surface area contributed by atoms with Crippen LogP contribution in [0.5, 0.6) is 0 Å². The second-order valence-corrected chi connectivity index (χ2v) is 6.00. The van der Waals surface area contributed by atoms with Crippen LogP contribution in [0.25, 0.3) is 5.65 Å². The molecule has 4 rings (SSSR count). The maximum absolute atomic E-state index is 4.66. The molecule has 2 aromatic heterocycles. The number of nitrogens with one attached hydrogen (secondary N) is 1. The van der Waals surface area contributed by atoms with Crippen LogP contribution in [0.4, 0.5) is 17.5 Å². The molecule has 124 valence electrons. The highest BCUT2D eigenvalue weighted by Gasteiger charge is 2.18. The summed E-state index contributed by atoms with van der Waals surface area (Å²) >= 11 is 0. The molecule has 1 saturated heterocycles. The molecule has 0 atom stereocenters. The van der Waals surface area contributed by atoms with Crippen molar-refractivity contribution in [2.75, 3.05) is 42.9 Å². The number of anilines is 3. The molecule has 3 heterocycles. The fraction of sp³-hybridized carbons (Fsp3) is 0.333. The van der Waals surface area contributed by atoms with E-state index in [0.29, 0.717) is 5.95 Å². The van der Waals surface area contributed by atoms with Crippen molar-refractivity contribution in [3.8, 4) is 0 Å². The van der Waals surface area contributed by atoms with Crippen molar-refractivity contribution >= 4 is 23.1 Å². The molecule has 0 saturated carbocycles. The first-order valence-electron chi connectivity index (χ1n) is 8.48. The Morgan fingerprint density at radius 3 is 2.50 bits per heavy atom. The van der Waals surface area contributed by atoms with E-state index in [1.165, 1.54) is 0 Å². The van der Waals surface area contributed by atoms with Crippen LogP contribution in [-0.2, 0) is 0 Å². The Balaban J connectivity index is 1.60. The van der Waals surface area contributed by atoms with Crippen molar-refractivity contribution in [3.63, 3.8) is 0 Å². The first kappa shape index (κ1) is 15.0. The van der Waals surface area contributed by atoms with Crippen LogP contribution in [0.1, 0.15) is 6.92 Å². The van der Waals surface area contributed by atoms with E-state index < -0.39 is 0 Å². The van der Waals surface area contributed by atoms with Gasteiger partial charge in [-0.1, -0.05) is 31.2 Å². The quantitative estimate of drug-likeness (QED) is 0.800. The molecule has 0 bridgehead atoms. The van der Waals surface area contributed by atoms with Crippen LogP contribution in [0.3, 0.4) is 0 Å². The van der Waals surface area contributed by atoms with Crippen LogP contribution in [0, 0.1) is 0 Å². The van der Waals surface area contributed by atoms with Gasteiger partial charge in [0.25, 0.3) is 0 Å².